The topological polar surface area (TPSA) is 75.5 Å². The Morgan fingerprint density at radius 1 is 1.55 bits per heavy atom. The van der Waals surface area contributed by atoms with Crippen molar-refractivity contribution in [3.8, 4) is 0 Å². The summed E-state index contributed by atoms with van der Waals surface area (Å²) in [6.07, 6.45) is 0.530. The maximum absolute atomic E-state index is 10.2. The molecule has 0 atom stereocenters. The highest BCUT2D eigenvalue weighted by Crippen LogP contribution is 1.97. The van der Waals surface area contributed by atoms with Gasteiger partial charge in [-0.15, -0.1) is 0 Å². The van der Waals surface area contributed by atoms with Gasteiger partial charge in [0.2, 0.25) is 0 Å². The third-order valence-corrected chi connectivity index (χ3v) is 1.16. The van der Waals surface area contributed by atoms with E-state index in [0.29, 0.717) is 6.42 Å². The van der Waals surface area contributed by atoms with Gasteiger partial charge in [0.1, 0.15) is 0 Å². The van der Waals surface area contributed by atoms with Gasteiger partial charge in [-0.3, -0.25) is 0 Å². The molecule has 0 spiro atoms. The van der Waals surface area contributed by atoms with Crippen LogP contribution in [0.15, 0.2) is 12.2 Å². The Hall–Kier alpha value is -0.870. The predicted molar refractivity (Wildman–Crippen MR) is 45.0 cm³/mol. The maximum Gasteiger partial charge on any atom is 0.331 e. The zero-order valence-electron chi connectivity index (χ0n) is 7.13. The van der Waals surface area contributed by atoms with Crippen molar-refractivity contribution in [1.82, 2.24) is 11.1 Å². The van der Waals surface area contributed by atoms with E-state index in [0.717, 1.165) is 6.54 Å². The van der Waals surface area contributed by atoms with E-state index in [1.807, 2.05) is 19.0 Å². The lowest BCUT2D eigenvalue weighted by Gasteiger charge is -2.07. The van der Waals surface area contributed by atoms with Gasteiger partial charge < -0.3 is 16.2 Å². The molecule has 4 N–H and O–H groups in total. The summed E-state index contributed by atoms with van der Waals surface area (Å²) in [6.45, 7) is 4.14. The summed E-state index contributed by atoms with van der Waals surface area (Å²) < 4.78 is 0. The molecule has 66 valence electrons. The van der Waals surface area contributed by atoms with Crippen LogP contribution in [0.5, 0.6) is 0 Å². The normalized spacial score (nSPS) is 9.00. The van der Waals surface area contributed by atoms with Crippen LogP contribution in [0, 0.1) is 0 Å². The molecule has 11 heavy (non-hydrogen) atoms. The number of carboxylic acid groups (broad SMARTS) is 1. The van der Waals surface area contributed by atoms with Crippen LogP contribution in [0.4, 0.5) is 0 Å². The fourth-order valence-electron chi connectivity index (χ4n) is 0.465. The van der Waals surface area contributed by atoms with Crippen LogP contribution >= 0.6 is 0 Å². The van der Waals surface area contributed by atoms with Gasteiger partial charge in [-0.25, -0.2) is 4.79 Å². The Balaban J connectivity index is 0. The second-order valence-electron chi connectivity index (χ2n) is 2.46. The smallest absolute Gasteiger partial charge is 0.331 e. The first kappa shape index (κ1) is 12.8. The molecular formula is C7H16N2O2. The van der Waals surface area contributed by atoms with Gasteiger partial charge in [0.25, 0.3) is 0 Å². The first-order valence-corrected chi connectivity index (χ1v) is 3.10. The lowest BCUT2D eigenvalue weighted by molar-refractivity contribution is -0.132. The minimum absolute atomic E-state index is 0. The highest BCUT2D eigenvalue weighted by Gasteiger charge is 2.02. The van der Waals surface area contributed by atoms with E-state index in [1.54, 1.807) is 0 Å². The van der Waals surface area contributed by atoms with E-state index in [4.69, 9.17) is 5.11 Å². The van der Waals surface area contributed by atoms with Crippen LogP contribution < -0.4 is 6.15 Å². The van der Waals surface area contributed by atoms with Crippen molar-refractivity contribution in [3.05, 3.63) is 12.2 Å². The monoisotopic (exact) mass is 160 g/mol. The van der Waals surface area contributed by atoms with Crippen LogP contribution in [0.1, 0.15) is 6.42 Å². The fourth-order valence-corrected chi connectivity index (χ4v) is 0.465. The van der Waals surface area contributed by atoms with Crippen LogP contribution in [0.3, 0.4) is 0 Å². The number of carboxylic acids is 1. The number of nitrogens with zero attached hydrogens (tertiary/aromatic N) is 1. The molecule has 0 bridgehead atoms. The number of hydrogen-bond acceptors (Lipinski definition) is 3. The largest absolute Gasteiger partial charge is 0.478 e. The van der Waals surface area contributed by atoms with Crippen molar-refractivity contribution in [2.75, 3.05) is 20.6 Å². The zero-order chi connectivity index (χ0) is 8.15. The quantitative estimate of drug-likeness (QED) is 0.595. The van der Waals surface area contributed by atoms with E-state index in [1.165, 1.54) is 0 Å². The van der Waals surface area contributed by atoms with Crippen molar-refractivity contribution < 1.29 is 9.90 Å². The maximum atomic E-state index is 10.2. The van der Waals surface area contributed by atoms with Crippen molar-refractivity contribution in [1.29, 1.82) is 0 Å². The summed E-state index contributed by atoms with van der Waals surface area (Å²) in [5, 5.41) is 8.38. The molecule has 0 fully saturated rings. The summed E-state index contributed by atoms with van der Waals surface area (Å²) in [6, 6.07) is 0. The van der Waals surface area contributed by atoms with Gasteiger partial charge in [0, 0.05) is 12.1 Å². The summed E-state index contributed by atoms with van der Waals surface area (Å²) in [4.78, 5) is 12.1. The number of rotatable bonds is 4. The van der Waals surface area contributed by atoms with E-state index < -0.39 is 5.97 Å². The van der Waals surface area contributed by atoms with Gasteiger partial charge in [0.05, 0.1) is 0 Å². The Morgan fingerprint density at radius 2 is 2.00 bits per heavy atom. The Kier molecular flexibility index (Phi) is 6.83. The number of hydrogen-bond donors (Lipinski definition) is 2. The van der Waals surface area contributed by atoms with Crippen LogP contribution in [-0.2, 0) is 4.79 Å². The van der Waals surface area contributed by atoms with Gasteiger partial charge in [-0.1, -0.05) is 6.58 Å². The lowest BCUT2D eigenvalue weighted by Crippen LogP contribution is -2.15. The molecule has 0 unspecified atom stereocenters. The molecule has 0 aliphatic heterocycles. The van der Waals surface area contributed by atoms with Crippen molar-refractivity contribution in [2.24, 2.45) is 0 Å². The van der Waals surface area contributed by atoms with E-state index in [9.17, 15) is 4.79 Å². The Bertz CT molecular complexity index is 143. The summed E-state index contributed by atoms with van der Waals surface area (Å²) >= 11 is 0. The van der Waals surface area contributed by atoms with E-state index in [2.05, 4.69) is 6.58 Å². The molecular weight excluding hydrogens is 144 g/mol. The molecule has 0 rings (SSSR count). The van der Waals surface area contributed by atoms with Crippen molar-refractivity contribution in [3.63, 3.8) is 0 Å². The van der Waals surface area contributed by atoms with Crippen LogP contribution in [0.25, 0.3) is 0 Å². The van der Waals surface area contributed by atoms with E-state index in [-0.39, 0.29) is 11.7 Å². The standard InChI is InChI=1S/C7H13NO2.H3N/c1-6(7(9)10)4-5-8(2)3;/h1,4-5H2,2-3H3,(H,9,10);1H3. The highest BCUT2D eigenvalue weighted by molar-refractivity contribution is 5.85. The molecule has 0 amide bonds. The second-order valence-corrected chi connectivity index (χ2v) is 2.46. The predicted octanol–water partition coefficient (Wildman–Crippen LogP) is 0.741. The van der Waals surface area contributed by atoms with Crippen molar-refractivity contribution in [2.45, 2.75) is 6.42 Å². The van der Waals surface area contributed by atoms with Crippen LogP contribution in [0.2, 0.25) is 0 Å². The SMILES string of the molecule is C=C(CCN(C)C)C(=O)O.N. The molecule has 0 saturated heterocycles. The average Bonchev–Trinajstić information content (AvgIpc) is 1.82. The molecule has 0 aliphatic rings. The lowest BCUT2D eigenvalue weighted by atomic mass is 10.2. The molecule has 4 nitrogen and oxygen atoms in total. The molecule has 0 aromatic heterocycles. The number of aliphatic carboxylic acids is 1. The first-order valence-electron chi connectivity index (χ1n) is 3.10. The molecule has 0 heterocycles. The average molecular weight is 160 g/mol. The molecule has 0 saturated carbocycles. The van der Waals surface area contributed by atoms with Gasteiger partial charge in [0.15, 0.2) is 0 Å². The molecule has 0 aromatic carbocycles. The molecule has 0 aliphatic carbocycles. The molecule has 0 radical (unpaired) electrons. The minimum atomic E-state index is -0.901. The molecule has 4 heteroatoms. The Labute approximate surface area is 67.1 Å². The van der Waals surface area contributed by atoms with Gasteiger partial charge >= 0.3 is 5.97 Å². The van der Waals surface area contributed by atoms with Gasteiger partial charge in [-0.2, -0.15) is 0 Å². The summed E-state index contributed by atoms with van der Waals surface area (Å²) in [7, 11) is 3.80. The number of carbonyl (C=O) groups is 1. The summed E-state index contributed by atoms with van der Waals surface area (Å²) in [5.74, 6) is -0.901. The van der Waals surface area contributed by atoms with Crippen LogP contribution in [-0.4, -0.2) is 36.6 Å². The van der Waals surface area contributed by atoms with Gasteiger partial charge in [-0.05, 0) is 20.5 Å². The minimum Gasteiger partial charge on any atom is -0.478 e. The zero-order valence-corrected chi connectivity index (χ0v) is 7.13. The Morgan fingerprint density at radius 3 is 2.27 bits per heavy atom. The van der Waals surface area contributed by atoms with Crippen molar-refractivity contribution >= 4 is 5.97 Å². The second kappa shape index (κ2) is 5.88. The highest BCUT2D eigenvalue weighted by atomic mass is 16.4. The fraction of sp³-hybridized carbons (Fsp3) is 0.571. The summed E-state index contributed by atoms with van der Waals surface area (Å²) in [5.41, 5.74) is 0.272. The van der Waals surface area contributed by atoms with E-state index >= 15 is 0 Å². The third kappa shape index (κ3) is 7.02. The third-order valence-electron chi connectivity index (χ3n) is 1.16. The molecule has 0 aromatic rings. The first-order chi connectivity index (χ1) is 4.54.